The van der Waals surface area contributed by atoms with Crippen LogP contribution in [-0.4, -0.2) is 28.8 Å². The Morgan fingerprint density at radius 1 is 1.17 bits per heavy atom. The van der Waals surface area contributed by atoms with E-state index in [9.17, 15) is 8.78 Å². The molecule has 24 heavy (non-hydrogen) atoms. The summed E-state index contributed by atoms with van der Waals surface area (Å²) in [7, 11) is 0. The highest BCUT2D eigenvalue weighted by Gasteiger charge is 2.56. The zero-order chi connectivity index (χ0) is 16.7. The molecule has 2 unspecified atom stereocenters. The molecular formula is C17H16F2N4O. The van der Waals surface area contributed by atoms with E-state index < -0.39 is 17.7 Å². The Hall–Kier alpha value is -2.41. The first kappa shape index (κ1) is 15.1. The van der Waals surface area contributed by atoms with Gasteiger partial charge in [0.1, 0.15) is 30.1 Å². The molecule has 0 radical (unpaired) electrons. The Bertz CT molecular complexity index is 794. The average molecular weight is 330 g/mol. The van der Waals surface area contributed by atoms with Crippen molar-refractivity contribution in [1.82, 2.24) is 9.97 Å². The smallest absolute Gasteiger partial charge is 0.229 e. The zero-order valence-corrected chi connectivity index (χ0v) is 12.8. The molecular weight excluding hydrogens is 314 g/mol. The minimum atomic E-state index is -1.73. The summed E-state index contributed by atoms with van der Waals surface area (Å²) < 4.78 is 34.6. The molecule has 1 aromatic heterocycles. The van der Waals surface area contributed by atoms with Gasteiger partial charge in [0.2, 0.25) is 6.36 Å². The second-order valence-corrected chi connectivity index (χ2v) is 6.15. The van der Waals surface area contributed by atoms with Crippen molar-refractivity contribution in [2.45, 2.75) is 24.7 Å². The van der Waals surface area contributed by atoms with Gasteiger partial charge in [0, 0.05) is 23.5 Å². The fourth-order valence-electron chi connectivity index (χ4n) is 3.27. The molecule has 1 saturated carbocycles. The van der Waals surface area contributed by atoms with E-state index in [1.165, 1.54) is 12.4 Å². The summed E-state index contributed by atoms with van der Waals surface area (Å²) in [6.07, 6.45) is 4.45. The summed E-state index contributed by atoms with van der Waals surface area (Å²) in [6.45, 7) is -0.0799. The second kappa shape index (κ2) is 5.59. The first-order chi connectivity index (χ1) is 11.6. The Morgan fingerprint density at radius 3 is 2.62 bits per heavy atom. The highest BCUT2D eigenvalue weighted by molar-refractivity contribution is 5.83. The molecule has 2 atom stereocenters. The summed E-state index contributed by atoms with van der Waals surface area (Å²) in [4.78, 5) is 12.3. The van der Waals surface area contributed by atoms with Gasteiger partial charge in [0.25, 0.3) is 0 Å². The van der Waals surface area contributed by atoms with Crippen LogP contribution in [0.25, 0.3) is 11.1 Å². The van der Waals surface area contributed by atoms with Crippen LogP contribution >= 0.6 is 0 Å². The molecule has 0 saturated heterocycles. The molecule has 0 bridgehead atoms. The van der Waals surface area contributed by atoms with Crippen molar-refractivity contribution in [1.29, 1.82) is 0 Å². The standard InChI is InChI=1S/C17H16F2N4O/c18-14-4-1-10(11-6-21-9-22-7-11)5-13(14)17(12-2-3-12)16(19)24-8-15(20)23-17/h1,4-7,9,12,16H,2-3,8H2,(H2,20,23). The number of alkyl halides is 1. The van der Waals surface area contributed by atoms with Gasteiger partial charge in [0.05, 0.1) is 0 Å². The maximum atomic E-state index is 14.8. The summed E-state index contributed by atoms with van der Waals surface area (Å²) in [5, 5.41) is 0. The van der Waals surface area contributed by atoms with E-state index in [0.717, 1.165) is 12.8 Å². The van der Waals surface area contributed by atoms with Crippen LogP contribution in [0.15, 0.2) is 41.9 Å². The van der Waals surface area contributed by atoms with E-state index in [-0.39, 0.29) is 23.9 Å². The van der Waals surface area contributed by atoms with Crippen molar-refractivity contribution < 1.29 is 13.5 Å². The molecule has 0 spiro atoms. The summed E-state index contributed by atoms with van der Waals surface area (Å²) in [6, 6.07) is 4.53. The lowest BCUT2D eigenvalue weighted by atomic mass is 9.83. The van der Waals surface area contributed by atoms with Crippen LogP contribution in [0, 0.1) is 11.7 Å². The number of ether oxygens (including phenoxy) is 1. The fourth-order valence-corrected chi connectivity index (χ4v) is 3.27. The third kappa shape index (κ3) is 2.36. The molecule has 1 aliphatic heterocycles. The lowest BCUT2D eigenvalue weighted by molar-refractivity contribution is -0.0940. The highest BCUT2D eigenvalue weighted by Crippen LogP contribution is 2.53. The Morgan fingerprint density at radius 2 is 1.92 bits per heavy atom. The van der Waals surface area contributed by atoms with Crippen molar-refractivity contribution in [3.8, 4) is 11.1 Å². The van der Waals surface area contributed by atoms with Gasteiger partial charge in [-0.3, -0.25) is 4.99 Å². The average Bonchev–Trinajstić information content (AvgIpc) is 3.44. The minimum absolute atomic E-state index is 0.0799. The number of nitrogens with zero attached hydrogens (tertiary/aromatic N) is 3. The number of aliphatic imine (C=N–C) groups is 1. The number of benzene rings is 1. The van der Waals surface area contributed by atoms with Gasteiger partial charge in [-0.05, 0) is 36.5 Å². The molecule has 7 heteroatoms. The third-order valence-corrected chi connectivity index (χ3v) is 4.54. The largest absolute Gasteiger partial charge is 0.385 e. The number of aromatic nitrogens is 2. The van der Waals surface area contributed by atoms with Crippen LogP contribution in [0.1, 0.15) is 18.4 Å². The normalized spacial score (nSPS) is 26.9. The van der Waals surface area contributed by atoms with Gasteiger partial charge in [-0.2, -0.15) is 0 Å². The van der Waals surface area contributed by atoms with Gasteiger partial charge in [-0.15, -0.1) is 0 Å². The van der Waals surface area contributed by atoms with Crippen molar-refractivity contribution in [2.24, 2.45) is 16.6 Å². The van der Waals surface area contributed by atoms with E-state index in [4.69, 9.17) is 10.5 Å². The van der Waals surface area contributed by atoms with E-state index in [0.29, 0.717) is 11.1 Å². The van der Waals surface area contributed by atoms with Crippen LogP contribution < -0.4 is 5.73 Å². The van der Waals surface area contributed by atoms with Gasteiger partial charge in [-0.1, -0.05) is 6.07 Å². The number of hydrogen-bond donors (Lipinski definition) is 1. The predicted octanol–water partition coefficient (Wildman–Crippen LogP) is 2.57. The summed E-state index contributed by atoms with van der Waals surface area (Å²) in [5.74, 6) is -0.459. The maximum absolute atomic E-state index is 14.8. The summed E-state index contributed by atoms with van der Waals surface area (Å²) in [5.41, 5.74) is 5.95. The number of nitrogens with two attached hydrogens (primary N) is 1. The van der Waals surface area contributed by atoms with Crippen molar-refractivity contribution >= 4 is 5.84 Å². The Kier molecular flexibility index (Phi) is 3.53. The molecule has 2 N–H and O–H groups in total. The summed E-state index contributed by atoms with van der Waals surface area (Å²) >= 11 is 0. The van der Waals surface area contributed by atoms with E-state index in [2.05, 4.69) is 15.0 Å². The molecule has 124 valence electrons. The van der Waals surface area contributed by atoms with Gasteiger partial charge < -0.3 is 10.5 Å². The van der Waals surface area contributed by atoms with E-state index in [1.54, 1.807) is 24.5 Å². The number of rotatable bonds is 3. The van der Waals surface area contributed by atoms with Gasteiger partial charge >= 0.3 is 0 Å². The van der Waals surface area contributed by atoms with Crippen LogP contribution in [0.5, 0.6) is 0 Å². The lowest BCUT2D eigenvalue weighted by Crippen LogP contribution is -2.47. The maximum Gasteiger partial charge on any atom is 0.229 e. The molecule has 2 aliphatic rings. The van der Waals surface area contributed by atoms with Crippen LogP contribution in [0.2, 0.25) is 0 Å². The molecule has 5 nitrogen and oxygen atoms in total. The van der Waals surface area contributed by atoms with Crippen LogP contribution in [0.4, 0.5) is 8.78 Å². The minimum Gasteiger partial charge on any atom is -0.385 e. The van der Waals surface area contributed by atoms with Crippen molar-refractivity contribution in [2.75, 3.05) is 6.61 Å². The molecule has 4 rings (SSSR count). The van der Waals surface area contributed by atoms with Crippen molar-refractivity contribution in [3.05, 3.63) is 48.3 Å². The number of hydrogen-bond acceptors (Lipinski definition) is 5. The van der Waals surface area contributed by atoms with Crippen molar-refractivity contribution in [3.63, 3.8) is 0 Å². The van der Waals surface area contributed by atoms with Gasteiger partial charge in [-0.25, -0.2) is 18.7 Å². The van der Waals surface area contributed by atoms with Gasteiger partial charge in [0.15, 0.2) is 0 Å². The highest BCUT2D eigenvalue weighted by atomic mass is 19.1. The van der Waals surface area contributed by atoms with Crippen LogP contribution in [-0.2, 0) is 10.3 Å². The monoisotopic (exact) mass is 330 g/mol. The Labute approximate surface area is 137 Å². The van der Waals surface area contributed by atoms with E-state index >= 15 is 0 Å². The first-order valence-corrected chi connectivity index (χ1v) is 7.76. The second-order valence-electron chi connectivity index (χ2n) is 6.15. The SMILES string of the molecule is NC1=NC(c2cc(-c3cncnc3)ccc2F)(C2CC2)C(F)OC1. The third-order valence-electron chi connectivity index (χ3n) is 4.54. The molecule has 2 heterocycles. The number of amidine groups is 1. The number of halogens is 2. The van der Waals surface area contributed by atoms with E-state index in [1.807, 2.05) is 0 Å². The molecule has 1 aliphatic carbocycles. The molecule has 2 aromatic rings. The Balaban J connectivity index is 1.89. The molecule has 0 amide bonds. The fraction of sp³-hybridized carbons (Fsp3) is 0.353. The molecule has 1 aromatic carbocycles. The topological polar surface area (TPSA) is 73.4 Å². The zero-order valence-electron chi connectivity index (χ0n) is 12.8. The quantitative estimate of drug-likeness (QED) is 0.939. The molecule has 1 fully saturated rings. The lowest BCUT2D eigenvalue weighted by Gasteiger charge is -2.37. The first-order valence-electron chi connectivity index (χ1n) is 7.76. The van der Waals surface area contributed by atoms with Crippen LogP contribution in [0.3, 0.4) is 0 Å². The predicted molar refractivity (Wildman–Crippen MR) is 84.3 cm³/mol.